The summed E-state index contributed by atoms with van der Waals surface area (Å²) in [4.78, 5) is 11.5. The number of fused-ring (bicyclic) bond motifs is 2. The van der Waals surface area contributed by atoms with Gasteiger partial charge in [-0.1, -0.05) is 36.4 Å². The van der Waals surface area contributed by atoms with Crippen molar-refractivity contribution in [3.63, 3.8) is 0 Å². The van der Waals surface area contributed by atoms with Crippen LogP contribution in [0.25, 0.3) is 21.5 Å². The van der Waals surface area contributed by atoms with Gasteiger partial charge < -0.3 is 20.8 Å². The Hall–Kier alpha value is -5.27. The van der Waals surface area contributed by atoms with E-state index in [1.807, 2.05) is 0 Å². The number of amides is 2. The maximum Gasteiger partial charge on any atom is 0.323 e. The van der Waals surface area contributed by atoms with Gasteiger partial charge in [0.2, 0.25) is 0 Å². The number of hydrogen-bond donors (Lipinski definition) is 6. The second-order valence-corrected chi connectivity index (χ2v) is 13.4. The summed E-state index contributed by atoms with van der Waals surface area (Å²) in [6.45, 7) is 0. The van der Waals surface area contributed by atoms with Crippen LogP contribution in [0.1, 0.15) is 0 Å². The van der Waals surface area contributed by atoms with E-state index in [0.29, 0.717) is 11.4 Å². The molecule has 0 heterocycles. The number of carbonyl (C=O) groups excluding carboxylic acids is 1. The van der Waals surface area contributed by atoms with Crippen molar-refractivity contribution in [1.29, 1.82) is 0 Å². The summed E-state index contributed by atoms with van der Waals surface area (Å²) >= 11 is 0. The van der Waals surface area contributed by atoms with Crippen LogP contribution in [0.2, 0.25) is 0 Å². The fraction of sp³-hybridized carbons (Fsp3) is 0. The minimum absolute atomic E-state index is 0. The van der Waals surface area contributed by atoms with Crippen LogP contribution in [0.15, 0.2) is 139 Å². The first-order valence-electron chi connectivity index (χ1n) is 14.3. The molecule has 0 aliphatic heterocycles. The minimum atomic E-state index is -4.88. The van der Waals surface area contributed by atoms with Gasteiger partial charge in [-0.05, 0) is 83.6 Å². The fourth-order valence-electron chi connectivity index (χ4n) is 4.94. The van der Waals surface area contributed by atoms with Crippen LogP contribution < -0.4 is 10.6 Å². The first kappa shape index (κ1) is 37.0. The van der Waals surface area contributed by atoms with E-state index in [4.69, 9.17) is 0 Å². The number of aromatic hydroxyl groups is 2. The Kier molecular flexibility index (Phi) is 10.8. The van der Waals surface area contributed by atoms with Gasteiger partial charge in [0.05, 0.1) is 11.4 Å². The molecule has 18 heteroatoms. The van der Waals surface area contributed by atoms with E-state index in [9.17, 15) is 40.9 Å². The van der Waals surface area contributed by atoms with E-state index in [2.05, 4.69) is 31.1 Å². The number of phenols is 2. The zero-order valence-corrected chi connectivity index (χ0v) is 30.0. The molecule has 51 heavy (non-hydrogen) atoms. The zero-order chi connectivity index (χ0) is 35.6. The van der Waals surface area contributed by atoms with Crippen molar-refractivity contribution in [2.24, 2.45) is 20.5 Å². The van der Waals surface area contributed by atoms with E-state index < -0.39 is 58.9 Å². The molecule has 6 rings (SSSR count). The quantitative estimate of drug-likeness (QED) is 0.0503. The molecule has 0 saturated carbocycles. The van der Waals surface area contributed by atoms with E-state index >= 15 is 0 Å². The Balaban J connectivity index is 0.00000504. The van der Waals surface area contributed by atoms with Crippen molar-refractivity contribution >= 4 is 111 Å². The number of rotatable bonds is 8. The molecule has 0 saturated heterocycles. The second-order valence-electron chi connectivity index (χ2n) is 10.6. The first-order chi connectivity index (χ1) is 23.8. The number of azo groups is 2. The number of nitrogens with zero attached hydrogens (tertiary/aromatic N) is 4. The molecule has 0 aromatic heterocycles. The fourth-order valence-corrected chi connectivity index (χ4v) is 6.26. The van der Waals surface area contributed by atoms with Gasteiger partial charge in [-0.3, -0.25) is 9.11 Å². The second kappa shape index (κ2) is 14.9. The van der Waals surface area contributed by atoms with E-state index in [1.165, 1.54) is 36.4 Å². The largest absolute Gasteiger partial charge is 0.505 e. The number of hydrogen-bond acceptors (Lipinski definition) is 11. The summed E-state index contributed by atoms with van der Waals surface area (Å²) in [5, 5.41) is 43.1. The average Bonchev–Trinajstić information content (AvgIpc) is 3.07. The van der Waals surface area contributed by atoms with Crippen molar-refractivity contribution < 1.29 is 40.9 Å². The molecule has 0 fully saturated rings. The van der Waals surface area contributed by atoms with Crippen molar-refractivity contribution in [2.75, 3.05) is 10.6 Å². The van der Waals surface area contributed by atoms with Gasteiger partial charge >= 0.3 is 6.03 Å². The molecule has 6 aromatic rings. The molecule has 6 aromatic carbocycles. The smallest absolute Gasteiger partial charge is 0.323 e. The summed E-state index contributed by atoms with van der Waals surface area (Å²) < 4.78 is 68.6. The van der Waals surface area contributed by atoms with E-state index in [0.717, 1.165) is 12.1 Å². The average molecular weight is 736 g/mol. The van der Waals surface area contributed by atoms with Gasteiger partial charge in [-0.25, -0.2) is 4.79 Å². The predicted molar refractivity (Wildman–Crippen MR) is 190 cm³/mol. The minimum Gasteiger partial charge on any atom is -0.505 e. The summed E-state index contributed by atoms with van der Waals surface area (Å²) in [5.41, 5.74) is 0.109. The summed E-state index contributed by atoms with van der Waals surface area (Å²) in [6.07, 6.45) is 0. The first-order valence-corrected chi connectivity index (χ1v) is 17.2. The van der Waals surface area contributed by atoms with Gasteiger partial charge in [0, 0.05) is 51.7 Å². The summed E-state index contributed by atoms with van der Waals surface area (Å²) in [6, 6.07) is 26.4. The monoisotopic (exact) mass is 735 g/mol. The van der Waals surface area contributed by atoms with Crippen LogP contribution in [0.4, 0.5) is 38.9 Å². The normalized spacial score (nSPS) is 12.0. The Morgan fingerprint density at radius 3 is 1.25 bits per heavy atom. The third-order valence-corrected chi connectivity index (χ3v) is 8.95. The molecule has 0 spiro atoms. The number of anilines is 2. The molecule has 0 unspecified atom stereocenters. The molecule has 2 amide bonds. The molecule has 0 aliphatic carbocycles. The maximum atomic E-state index is 12.9. The number of urea groups is 1. The van der Waals surface area contributed by atoms with E-state index in [1.54, 1.807) is 60.7 Å². The van der Waals surface area contributed by atoms with Crippen molar-refractivity contribution in [1.82, 2.24) is 0 Å². The van der Waals surface area contributed by atoms with Gasteiger partial charge in [0.1, 0.15) is 21.2 Å². The van der Waals surface area contributed by atoms with Crippen LogP contribution in [0, 0.1) is 0 Å². The molecule has 15 nitrogen and oxygen atoms in total. The predicted octanol–water partition coefficient (Wildman–Crippen LogP) is 7.99. The van der Waals surface area contributed by atoms with Crippen LogP contribution in [-0.2, 0) is 20.2 Å². The van der Waals surface area contributed by atoms with Gasteiger partial charge in [0.15, 0.2) is 11.5 Å². The van der Waals surface area contributed by atoms with Crippen LogP contribution in [0.5, 0.6) is 11.5 Å². The molecule has 0 bridgehead atoms. The van der Waals surface area contributed by atoms with Gasteiger partial charge in [-0.2, -0.15) is 27.1 Å². The van der Waals surface area contributed by atoms with Crippen molar-refractivity contribution in [2.45, 2.75) is 9.79 Å². The van der Waals surface area contributed by atoms with Crippen LogP contribution in [0.3, 0.4) is 0 Å². The van der Waals surface area contributed by atoms with Gasteiger partial charge in [0.25, 0.3) is 20.2 Å². The summed E-state index contributed by atoms with van der Waals surface area (Å²) in [7, 11) is -9.75. The third-order valence-electron chi connectivity index (χ3n) is 7.22. The Morgan fingerprint density at radius 1 is 0.529 bits per heavy atom. The molecule has 6 N–H and O–H groups in total. The van der Waals surface area contributed by atoms with E-state index in [-0.39, 0.29) is 62.5 Å². The molecular weight excluding hydrogens is 712 g/mol. The SMILES string of the molecule is O=C(Nc1ccc2c(O)c(N=Nc3ccccc3)c(S(=O)(=O)O)cc2c1)Nc1ccc2c(O)c(N=Nc3ccccc3)c(S(=O)(=O)O)cc2c1.[Na]. The Morgan fingerprint density at radius 2 is 0.902 bits per heavy atom. The number of phenolic OH excluding ortho intramolecular Hbond substituents is 2. The van der Waals surface area contributed by atoms with Gasteiger partial charge in [-0.15, -0.1) is 10.2 Å². The third kappa shape index (κ3) is 8.38. The Labute approximate surface area is 312 Å². The maximum absolute atomic E-state index is 12.9. The zero-order valence-electron chi connectivity index (χ0n) is 26.3. The number of nitrogens with one attached hydrogen (secondary N) is 2. The topological polar surface area (TPSA) is 240 Å². The molecule has 1 radical (unpaired) electrons. The van der Waals surface area contributed by atoms with Crippen molar-refractivity contribution in [3.8, 4) is 11.5 Å². The summed E-state index contributed by atoms with van der Waals surface area (Å²) in [5.74, 6) is -1.14. The standard InChI is InChI=1S/C33H24N6O9S2.Na/c40-31-25-13-11-23(15-19(25)17-27(49(43,44)45)29(31)38-36-21-7-3-1-4-8-21)34-33(42)35-24-12-14-26-20(16-24)18-28(50(46,47)48)30(32(26)41)39-37-22-9-5-2-6-10-22;/h1-18,40-41H,(H2,34,35,42)(H,43,44,45)(H,46,47,48);. The molecular formula is C33H24N6NaO9S2. The van der Waals surface area contributed by atoms with Crippen LogP contribution in [-0.4, -0.2) is 71.7 Å². The molecule has 0 atom stereocenters. The number of benzene rings is 6. The molecule has 253 valence electrons. The van der Waals surface area contributed by atoms with Crippen molar-refractivity contribution in [3.05, 3.63) is 109 Å². The van der Waals surface area contributed by atoms with Crippen LogP contribution >= 0.6 is 0 Å². The number of carbonyl (C=O) groups is 1. The Bertz CT molecular complexity index is 2410. The molecule has 0 aliphatic rings.